The SMILES string of the molecule is O=C(/C=C/C1CCN(Cc2ccccc2)C1)c1ccc(-c2ccc(CN3C[C@@H](c4ccccc4)OC3=O)cc2)cc1. The van der Waals surface area contributed by atoms with Crippen molar-refractivity contribution < 1.29 is 14.3 Å². The second kappa shape index (κ2) is 12.4. The Balaban J connectivity index is 1.01. The molecule has 0 N–H and O–H groups in total. The topological polar surface area (TPSA) is 49.9 Å². The lowest BCUT2D eigenvalue weighted by molar-refractivity contribution is 0.104. The summed E-state index contributed by atoms with van der Waals surface area (Å²) < 4.78 is 5.58. The number of benzene rings is 4. The van der Waals surface area contributed by atoms with Crippen LogP contribution in [0.3, 0.4) is 0 Å². The number of allylic oxidation sites excluding steroid dienone is 1. The average Bonchev–Trinajstić information content (AvgIpc) is 3.63. The van der Waals surface area contributed by atoms with Crippen LogP contribution < -0.4 is 0 Å². The van der Waals surface area contributed by atoms with Crippen LogP contribution in [-0.4, -0.2) is 41.3 Å². The number of ketones is 1. The molecule has 1 amide bonds. The Kier molecular flexibility index (Phi) is 8.06. The molecule has 2 aliphatic rings. The first-order valence-electron chi connectivity index (χ1n) is 14.3. The van der Waals surface area contributed by atoms with E-state index in [0.717, 1.165) is 48.3 Å². The van der Waals surface area contributed by atoms with Crippen LogP contribution in [0, 0.1) is 5.92 Å². The number of hydrogen-bond donors (Lipinski definition) is 0. The highest BCUT2D eigenvalue weighted by Crippen LogP contribution is 2.28. The standard InChI is InChI=1S/C36H34N2O3/c39-34(20-13-29-21-22-37(24-29)23-27-7-3-1-4-8-27)32-18-16-31(17-19-32)30-14-11-28(12-15-30)25-38-26-35(41-36(38)40)33-9-5-2-6-10-33/h1-20,29,35H,21-26H2/b20-13+/t29?,35-/m0/s1. The predicted molar refractivity (Wildman–Crippen MR) is 161 cm³/mol. The van der Waals surface area contributed by atoms with Gasteiger partial charge in [-0.25, -0.2) is 4.79 Å². The molecule has 2 fully saturated rings. The molecule has 4 aromatic carbocycles. The van der Waals surface area contributed by atoms with Crippen molar-refractivity contribution in [2.24, 2.45) is 5.92 Å². The third-order valence-corrected chi connectivity index (χ3v) is 7.97. The van der Waals surface area contributed by atoms with E-state index in [4.69, 9.17) is 4.74 Å². The van der Waals surface area contributed by atoms with Crippen LogP contribution in [0.25, 0.3) is 11.1 Å². The molecule has 0 radical (unpaired) electrons. The Labute approximate surface area is 241 Å². The van der Waals surface area contributed by atoms with E-state index in [9.17, 15) is 9.59 Å². The summed E-state index contributed by atoms with van der Waals surface area (Å²) in [5.41, 5.74) is 6.20. The number of ether oxygens (including phenoxy) is 1. The largest absolute Gasteiger partial charge is 0.439 e. The van der Waals surface area contributed by atoms with Gasteiger partial charge in [0.2, 0.25) is 0 Å². The summed E-state index contributed by atoms with van der Waals surface area (Å²) in [5.74, 6) is 0.451. The molecule has 5 nitrogen and oxygen atoms in total. The number of likely N-dealkylation sites (tertiary alicyclic amines) is 1. The summed E-state index contributed by atoms with van der Waals surface area (Å²) in [7, 11) is 0. The molecule has 2 aliphatic heterocycles. The second-order valence-electron chi connectivity index (χ2n) is 10.9. The second-order valence-corrected chi connectivity index (χ2v) is 10.9. The summed E-state index contributed by atoms with van der Waals surface area (Å²) in [4.78, 5) is 29.4. The van der Waals surface area contributed by atoms with E-state index in [1.165, 1.54) is 5.56 Å². The number of hydrogen-bond acceptors (Lipinski definition) is 4. The Morgan fingerprint density at radius 1 is 0.756 bits per heavy atom. The quantitative estimate of drug-likeness (QED) is 0.164. The molecule has 0 spiro atoms. The van der Waals surface area contributed by atoms with Crippen molar-refractivity contribution in [1.29, 1.82) is 0 Å². The lowest BCUT2D eigenvalue weighted by Gasteiger charge is -2.15. The fourth-order valence-corrected chi connectivity index (χ4v) is 5.65. The van der Waals surface area contributed by atoms with Gasteiger partial charge in [0.1, 0.15) is 6.10 Å². The molecule has 2 heterocycles. The summed E-state index contributed by atoms with van der Waals surface area (Å²) in [5, 5.41) is 0. The van der Waals surface area contributed by atoms with Crippen molar-refractivity contribution in [3.8, 4) is 11.1 Å². The van der Waals surface area contributed by atoms with Gasteiger partial charge in [0.25, 0.3) is 0 Å². The first-order valence-corrected chi connectivity index (χ1v) is 14.3. The minimum Gasteiger partial charge on any atom is -0.439 e. The molecule has 2 atom stereocenters. The fraction of sp³-hybridized carbons (Fsp3) is 0.222. The zero-order valence-corrected chi connectivity index (χ0v) is 23.1. The molecule has 4 aromatic rings. The van der Waals surface area contributed by atoms with Crippen LogP contribution in [0.5, 0.6) is 0 Å². The summed E-state index contributed by atoms with van der Waals surface area (Å²) >= 11 is 0. The van der Waals surface area contributed by atoms with Crippen molar-refractivity contribution in [1.82, 2.24) is 9.80 Å². The average molecular weight is 543 g/mol. The lowest BCUT2D eigenvalue weighted by Crippen LogP contribution is -2.23. The lowest BCUT2D eigenvalue weighted by atomic mass is 10.0. The van der Waals surface area contributed by atoms with Gasteiger partial charge >= 0.3 is 6.09 Å². The molecule has 0 saturated carbocycles. The van der Waals surface area contributed by atoms with Crippen molar-refractivity contribution in [3.05, 3.63) is 144 Å². The number of carbonyl (C=O) groups excluding carboxylic acids is 2. The van der Waals surface area contributed by atoms with Crippen molar-refractivity contribution in [2.45, 2.75) is 25.6 Å². The van der Waals surface area contributed by atoms with Crippen molar-refractivity contribution >= 4 is 11.9 Å². The maximum Gasteiger partial charge on any atom is 0.410 e. The maximum absolute atomic E-state index is 12.8. The number of carbonyl (C=O) groups is 2. The highest BCUT2D eigenvalue weighted by Gasteiger charge is 2.32. The monoisotopic (exact) mass is 542 g/mol. The van der Waals surface area contributed by atoms with E-state index in [0.29, 0.717) is 24.6 Å². The van der Waals surface area contributed by atoms with E-state index in [1.54, 1.807) is 11.0 Å². The first-order chi connectivity index (χ1) is 20.1. The van der Waals surface area contributed by atoms with Gasteiger partial charge in [0, 0.05) is 25.2 Å². The van der Waals surface area contributed by atoms with E-state index in [-0.39, 0.29) is 18.0 Å². The van der Waals surface area contributed by atoms with E-state index in [2.05, 4.69) is 47.4 Å². The van der Waals surface area contributed by atoms with Crippen LogP contribution in [0.1, 0.15) is 39.6 Å². The van der Waals surface area contributed by atoms with Crippen LogP contribution in [0.4, 0.5) is 4.79 Å². The Morgan fingerprint density at radius 2 is 1.39 bits per heavy atom. The summed E-state index contributed by atoms with van der Waals surface area (Å²) in [6, 6.07) is 36.4. The molecular weight excluding hydrogens is 508 g/mol. The maximum atomic E-state index is 12.8. The number of amides is 1. The Bertz CT molecular complexity index is 1500. The van der Waals surface area contributed by atoms with Gasteiger partial charge in [-0.05, 0) is 52.8 Å². The summed E-state index contributed by atoms with van der Waals surface area (Å²) in [6.07, 6.45) is 4.39. The van der Waals surface area contributed by atoms with Gasteiger partial charge in [-0.15, -0.1) is 0 Å². The van der Waals surface area contributed by atoms with Gasteiger partial charge in [0.15, 0.2) is 5.78 Å². The molecule has 0 bridgehead atoms. The molecule has 0 aliphatic carbocycles. The van der Waals surface area contributed by atoms with Crippen LogP contribution in [-0.2, 0) is 17.8 Å². The zero-order chi connectivity index (χ0) is 28.0. The molecule has 1 unspecified atom stereocenters. The minimum absolute atomic E-state index is 0.0414. The highest BCUT2D eigenvalue weighted by atomic mass is 16.6. The third kappa shape index (κ3) is 6.64. The number of rotatable bonds is 9. The number of cyclic esters (lactones) is 1. The summed E-state index contributed by atoms with van der Waals surface area (Å²) in [6.45, 7) is 4.05. The Hall–Kier alpha value is -4.48. The van der Waals surface area contributed by atoms with E-state index < -0.39 is 0 Å². The first kappa shape index (κ1) is 26.7. The molecule has 2 saturated heterocycles. The third-order valence-electron chi connectivity index (χ3n) is 7.97. The van der Waals surface area contributed by atoms with Gasteiger partial charge in [-0.2, -0.15) is 0 Å². The van der Waals surface area contributed by atoms with Crippen LogP contribution in [0.15, 0.2) is 121 Å². The van der Waals surface area contributed by atoms with E-state index >= 15 is 0 Å². The normalized spacial score (nSPS) is 19.1. The molecule has 6 rings (SSSR count). The Morgan fingerprint density at radius 3 is 2.10 bits per heavy atom. The number of nitrogens with zero attached hydrogens (tertiary/aromatic N) is 2. The van der Waals surface area contributed by atoms with E-state index in [1.807, 2.05) is 72.8 Å². The van der Waals surface area contributed by atoms with Gasteiger partial charge in [-0.3, -0.25) is 14.6 Å². The van der Waals surface area contributed by atoms with Crippen molar-refractivity contribution in [3.63, 3.8) is 0 Å². The van der Waals surface area contributed by atoms with Crippen LogP contribution >= 0.6 is 0 Å². The van der Waals surface area contributed by atoms with Gasteiger partial charge in [0.05, 0.1) is 6.54 Å². The molecule has 0 aromatic heterocycles. The molecule has 5 heteroatoms. The molecular formula is C36H34N2O3. The van der Waals surface area contributed by atoms with Crippen LogP contribution in [0.2, 0.25) is 0 Å². The predicted octanol–water partition coefficient (Wildman–Crippen LogP) is 7.31. The smallest absolute Gasteiger partial charge is 0.410 e. The van der Waals surface area contributed by atoms with Crippen molar-refractivity contribution in [2.75, 3.05) is 19.6 Å². The molecule has 41 heavy (non-hydrogen) atoms. The van der Waals surface area contributed by atoms with Gasteiger partial charge in [-0.1, -0.05) is 115 Å². The van der Waals surface area contributed by atoms with Gasteiger partial charge < -0.3 is 4.74 Å². The minimum atomic E-state index is -0.283. The molecule has 206 valence electrons. The highest BCUT2D eigenvalue weighted by molar-refractivity contribution is 6.04. The fourth-order valence-electron chi connectivity index (χ4n) is 5.65. The zero-order valence-electron chi connectivity index (χ0n) is 23.1.